The molecule has 0 amide bonds. The van der Waals surface area contributed by atoms with E-state index in [2.05, 4.69) is 9.88 Å². The van der Waals surface area contributed by atoms with E-state index in [4.69, 9.17) is 11.6 Å². The minimum Gasteiger partial charge on any atom is -0.296 e. The molecular weight excluding hydrogens is 334 g/mol. The van der Waals surface area contributed by atoms with Crippen molar-refractivity contribution in [1.29, 1.82) is 0 Å². The van der Waals surface area contributed by atoms with Crippen LogP contribution < -0.4 is 0 Å². The van der Waals surface area contributed by atoms with E-state index in [1.165, 1.54) is 4.31 Å². The first-order valence-corrected chi connectivity index (χ1v) is 9.25. The molecule has 0 unspecified atom stereocenters. The molecule has 1 aliphatic rings. The lowest BCUT2D eigenvalue weighted by molar-refractivity contribution is 0.181. The fraction of sp³-hybridized carbons (Fsp3) is 0.312. The highest BCUT2D eigenvalue weighted by atomic mass is 35.5. The lowest BCUT2D eigenvalue weighted by atomic mass is 10.2. The third-order valence-electron chi connectivity index (χ3n) is 3.91. The molecule has 0 aliphatic carbocycles. The number of piperazine rings is 1. The van der Waals surface area contributed by atoms with Crippen LogP contribution in [0, 0.1) is 0 Å². The minimum absolute atomic E-state index is 0.183. The summed E-state index contributed by atoms with van der Waals surface area (Å²) in [6, 6.07) is 10.5. The standard InChI is InChI=1S/C16H18ClN3O2S/c17-15-5-1-2-6-16(15)23(21,22)20-10-8-19(9-11-20)13-14-4-3-7-18-12-14/h1-7,12H,8-11,13H2. The average molecular weight is 352 g/mol. The molecule has 0 atom stereocenters. The Morgan fingerprint density at radius 2 is 1.78 bits per heavy atom. The normalized spacial score (nSPS) is 17.3. The van der Waals surface area contributed by atoms with Crippen LogP contribution >= 0.6 is 11.6 Å². The molecule has 23 heavy (non-hydrogen) atoms. The Morgan fingerprint density at radius 1 is 1.04 bits per heavy atom. The Morgan fingerprint density at radius 3 is 2.43 bits per heavy atom. The van der Waals surface area contributed by atoms with E-state index >= 15 is 0 Å². The summed E-state index contributed by atoms with van der Waals surface area (Å²) in [5, 5.41) is 0.269. The third kappa shape index (κ3) is 3.72. The van der Waals surface area contributed by atoms with Crippen molar-refractivity contribution >= 4 is 21.6 Å². The van der Waals surface area contributed by atoms with Crippen LogP contribution in [-0.2, 0) is 16.6 Å². The largest absolute Gasteiger partial charge is 0.296 e. The van der Waals surface area contributed by atoms with Gasteiger partial charge in [-0.25, -0.2) is 8.42 Å². The maximum Gasteiger partial charge on any atom is 0.244 e. The molecule has 0 bridgehead atoms. The van der Waals surface area contributed by atoms with Crippen molar-refractivity contribution in [2.75, 3.05) is 26.2 Å². The molecule has 1 aromatic carbocycles. The molecule has 1 saturated heterocycles. The second kappa shape index (κ2) is 6.97. The molecule has 1 fully saturated rings. The van der Waals surface area contributed by atoms with Gasteiger partial charge in [0.25, 0.3) is 0 Å². The summed E-state index contributed by atoms with van der Waals surface area (Å²) < 4.78 is 26.9. The number of hydrogen-bond acceptors (Lipinski definition) is 4. The molecule has 0 saturated carbocycles. The predicted octanol–water partition coefficient (Wildman–Crippen LogP) is 2.24. The van der Waals surface area contributed by atoms with Crippen LogP contribution in [0.2, 0.25) is 5.02 Å². The van der Waals surface area contributed by atoms with E-state index in [0.717, 1.165) is 12.1 Å². The van der Waals surface area contributed by atoms with Crippen molar-refractivity contribution < 1.29 is 8.42 Å². The van der Waals surface area contributed by atoms with Gasteiger partial charge in [-0.1, -0.05) is 29.8 Å². The van der Waals surface area contributed by atoms with Gasteiger partial charge in [0.2, 0.25) is 10.0 Å². The summed E-state index contributed by atoms with van der Waals surface area (Å²) in [6.07, 6.45) is 3.59. The van der Waals surface area contributed by atoms with Crippen LogP contribution in [0.15, 0.2) is 53.7 Å². The molecule has 0 N–H and O–H groups in total. The smallest absolute Gasteiger partial charge is 0.244 e. The van der Waals surface area contributed by atoms with Crippen molar-refractivity contribution in [3.8, 4) is 0 Å². The van der Waals surface area contributed by atoms with Crippen LogP contribution in [0.4, 0.5) is 0 Å². The Balaban J connectivity index is 1.66. The number of sulfonamides is 1. The quantitative estimate of drug-likeness (QED) is 0.847. The van der Waals surface area contributed by atoms with Crippen molar-refractivity contribution in [2.45, 2.75) is 11.4 Å². The number of pyridine rings is 1. The van der Waals surface area contributed by atoms with Crippen LogP contribution in [0.5, 0.6) is 0 Å². The van der Waals surface area contributed by atoms with Crippen LogP contribution in [0.25, 0.3) is 0 Å². The summed E-state index contributed by atoms with van der Waals surface area (Å²) in [4.78, 5) is 6.52. The van der Waals surface area contributed by atoms with Gasteiger partial charge < -0.3 is 0 Å². The van der Waals surface area contributed by atoms with E-state index in [-0.39, 0.29) is 9.92 Å². The zero-order valence-electron chi connectivity index (χ0n) is 12.6. The molecule has 122 valence electrons. The molecule has 3 rings (SSSR count). The van der Waals surface area contributed by atoms with Crippen LogP contribution in [0.3, 0.4) is 0 Å². The summed E-state index contributed by atoms with van der Waals surface area (Å²) in [5.74, 6) is 0. The van der Waals surface area contributed by atoms with E-state index in [0.29, 0.717) is 26.2 Å². The van der Waals surface area contributed by atoms with Gasteiger partial charge in [0.15, 0.2) is 0 Å². The fourth-order valence-electron chi connectivity index (χ4n) is 2.67. The Bertz CT molecular complexity index is 760. The number of rotatable bonds is 4. The summed E-state index contributed by atoms with van der Waals surface area (Å²) >= 11 is 6.04. The number of benzene rings is 1. The number of hydrogen-bond donors (Lipinski definition) is 0. The number of halogens is 1. The average Bonchev–Trinajstić information content (AvgIpc) is 2.56. The highest BCUT2D eigenvalue weighted by molar-refractivity contribution is 7.89. The van der Waals surface area contributed by atoms with Crippen molar-refractivity contribution in [2.24, 2.45) is 0 Å². The van der Waals surface area contributed by atoms with Crippen molar-refractivity contribution in [3.05, 3.63) is 59.4 Å². The second-order valence-corrected chi connectivity index (χ2v) is 7.79. The SMILES string of the molecule is O=S(=O)(c1ccccc1Cl)N1CCN(Cc2cccnc2)CC1. The Hall–Kier alpha value is -1.47. The Kier molecular flexibility index (Phi) is 4.96. The van der Waals surface area contributed by atoms with Gasteiger partial charge in [-0.05, 0) is 23.8 Å². The van der Waals surface area contributed by atoms with E-state index < -0.39 is 10.0 Å². The van der Waals surface area contributed by atoms with Gasteiger partial charge >= 0.3 is 0 Å². The van der Waals surface area contributed by atoms with E-state index in [1.54, 1.807) is 30.5 Å². The zero-order valence-corrected chi connectivity index (χ0v) is 14.2. The second-order valence-electron chi connectivity index (χ2n) is 5.47. The molecule has 7 heteroatoms. The lowest BCUT2D eigenvalue weighted by Gasteiger charge is -2.34. The minimum atomic E-state index is -3.53. The first kappa shape index (κ1) is 16.4. The molecule has 0 radical (unpaired) electrons. The molecule has 2 heterocycles. The monoisotopic (exact) mass is 351 g/mol. The molecule has 0 spiro atoms. The van der Waals surface area contributed by atoms with E-state index in [9.17, 15) is 8.42 Å². The van der Waals surface area contributed by atoms with Gasteiger partial charge in [0, 0.05) is 45.1 Å². The maximum absolute atomic E-state index is 12.7. The topological polar surface area (TPSA) is 53.5 Å². The highest BCUT2D eigenvalue weighted by Crippen LogP contribution is 2.25. The van der Waals surface area contributed by atoms with Crippen molar-refractivity contribution in [3.63, 3.8) is 0 Å². The lowest BCUT2D eigenvalue weighted by Crippen LogP contribution is -2.48. The van der Waals surface area contributed by atoms with Gasteiger partial charge in [-0.2, -0.15) is 4.31 Å². The van der Waals surface area contributed by atoms with Crippen LogP contribution in [-0.4, -0.2) is 48.8 Å². The predicted molar refractivity (Wildman–Crippen MR) is 89.7 cm³/mol. The van der Waals surface area contributed by atoms with Gasteiger partial charge in [-0.3, -0.25) is 9.88 Å². The highest BCUT2D eigenvalue weighted by Gasteiger charge is 2.29. The number of nitrogens with zero attached hydrogens (tertiary/aromatic N) is 3. The molecule has 5 nitrogen and oxygen atoms in total. The van der Waals surface area contributed by atoms with Gasteiger partial charge in [-0.15, -0.1) is 0 Å². The first-order chi connectivity index (χ1) is 11.1. The maximum atomic E-state index is 12.7. The molecular formula is C16H18ClN3O2S. The molecule has 1 aliphatic heterocycles. The van der Waals surface area contributed by atoms with Gasteiger partial charge in [0.05, 0.1) is 5.02 Å². The summed E-state index contributed by atoms with van der Waals surface area (Å²) in [7, 11) is -3.53. The third-order valence-corrected chi connectivity index (χ3v) is 6.31. The van der Waals surface area contributed by atoms with E-state index in [1.807, 2.05) is 18.3 Å². The van der Waals surface area contributed by atoms with Crippen LogP contribution in [0.1, 0.15) is 5.56 Å². The molecule has 1 aromatic heterocycles. The van der Waals surface area contributed by atoms with Crippen molar-refractivity contribution in [1.82, 2.24) is 14.2 Å². The molecule has 2 aromatic rings. The summed E-state index contributed by atoms with van der Waals surface area (Å²) in [5.41, 5.74) is 1.13. The summed E-state index contributed by atoms with van der Waals surface area (Å²) in [6.45, 7) is 3.10. The zero-order chi connectivity index (χ0) is 16.3. The first-order valence-electron chi connectivity index (χ1n) is 7.43. The van der Waals surface area contributed by atoms with Gasteiger partial charge in [0.1, 0.15) is 4.90 Å². The fourth-order valence-corrected chi connectivity index (χ4v) is 4.59. The Labute approximate surface area is 141 Å². The number of aromatic nitrogens is 1.